The summed E-state index contributed by atoms with van der Waals surface area (Å²) in [4.78, 5) is 17.0. The van der Waals surface area contributed by atoms with E-state index in [-0.39, 0.29) is 17.9 Å². The predicted octanol–water partition coefficient (Wildman–Crippen LogP) is 2.99. The van der Waals surface area contributed by atoms with Gasteiger partial charge in [0.15, 0.2) is 0 Å². The van der Waals surface area contributed by atoms with Crippen molar-refractivity contribution in [1.29, 1.82) is 0 Å². The Hall–Kier alpha value is -1.94. The molecule has 2 aromatic rings. The Labute approximate surface area is 131 Å². The number of benzene rings is 1. The molecule has 1 aromatic heterocycles. The third-order valence-corrected chi connectivity index (χ3v) is 3.92. The number of hydrogen-bond acceptors (Lipinski definition) is 3. The SMILES string of the molecule is Cc1ccc2cc(C(=O)NCC(C)(C)CCO)c(C)nc2c1. The summed E-state index contributed by atoms with van der Waals surface area (Å²) in [6, 6.07) is 7.93. The topological polar surface area (TPSA) is 62.2 Å². The van der Waals surface area contributed by atoms with E-state index in [2.05, 4.69) is 10.3 Å². The first-order chi connectivity index (χ1) is 10.3. The van der Waals surface area contributed by atoms with Crippen molar-refractivity contribution in [3.05, 3.63) is 41.1 Å². The van der Waals surface area contributed by atoms with Gasteiger partial charge < -0.3 is 10.4 Å². The summed E-state index contributed by atoms with van der Waals surface area (Å²) in [5, 5.41) is 13.0. The van der Waals surface area contributed by atoms with Crippen LogP contribution in [0.5, 0.6) is 0 Å². The molecule has 1 amide bonds. The van der Waals surface area contributed by atoms with Gasteiger partial charge in [0, 0.05) is 18.5 Å². The molecular weight excluding hydrogens is 276 g/mol. The van der Waals surface area contributed by atoms with Crippen molar-refractivity contribution in [2.45, 2.75) is 34.1 Å². The van der Waals surface area contributed by atoms with Crippen LogP contribution in [0.1, 0.15) is 41.9 Å². The van der Waals surface area contributed by atoms with Gasteiger partial charge in [-0.15, -0.1) is 0 Å². The van der Waals surface area contributed by atoms with Gasteiger partial charge in [-0.3, -0.25) is 9.78 Å². The Morgan fingerprint density at radius 1 is 1.27 bits per heavy atom. The molecule has 118 valence electrons. The van der Waals surface area contributed by atoms with Gasteiger partial charge in [0.25, 0.3) is 5.91 Å². The van der Waals surface area contributed by atoms with Crippen molar-refractivity contribution >= 4 is 16.8 Å². The van der Waals surface area contributed by atoms with Crippen LogP contribution in [0.4, 0.5) is 0 Å². The molecule has 0 atom stereocenters. The molecule has 1 heterocycles. The lowest BCUT2D eigenvalue weighted by Gasteiger charge is -2.24. The standard InChI is InChI=1S/C18H24N2O2/c1-12-5-6-14-10-15(13(2)20-16(14)9-12)17(22)19-11-18(3,4)7-8-21/h5-6,9-10,21H,7-8,11H2,1-4H3,(H,19,22). The summed E-state index contributed by atoms with van der Waals surface area (Å²) in [5.41, 5.74) is 3.28. The molecule has 2 N–H and O–H groups in total. The van der Waals surface area contributed by atoms with Gasteiger partial charge in [0.05, 0.1) is 16.8 Å². The maximum atomic E-state index is 12.4. The Bertz CT molecular complexity index is 693. The fraction of sp³-hybridized carbons (Fsp3) is 0.444. The fourth-order valence-electron chi connectivity index (χ4n) is 2.41. The van der Waals surface area contributed by atoms with Gasteiger partial charge in [0.2, 0.25) is 0 Å². The summed E-state index contributed by atoms with van der Waals surface area (Å²) in [5.74, 6) is -0.113. The number of aryl methyl sites for hydroxylation is 2. The second-order valence-corrected chi connectivity index (χ2v) is 6.64. The first-order valence-corrected chi connectivity index (χ1v) is 7.59. The van der Waals surface area contributed by atoms with Gasteiger partial charge in [-0.25, -0.2) is 0 Å². The molecule has 0 fully saturated rings. The van der Waals surface area contributed by atoms with Crippen molar-refractivity contribution < 1.29 is 9.90 Å². The Kier molecular flexibility index (Phi) is 4.81. The van der Waals surface area contributed by atoms with E-state index in [0.717, 1.165) is 22.2 Å². The van der Waals surface area contributed by atoms with E-state index in [9.17, 15) is 4.79 Å². The van der Waals surface area contributed by atoms with Crippen LogP contribution in [0, 0.1) is 19.3 Å². The zero-order valence-electron chi connectivity index (χ0n) is 13.7. The minimum absolute atomic E-state index is 0.113. The molecule has 0 aliphatic rings. The van der Waals surface area contributed by atoms with Gasteiger partial charge in [-0.05, 0) is 43.4 Å². The lowest BCUT2D eigenvalue weighted by molar-refractivity contribution is 0.0927. The molecule has 0 unspecified atom stereocenters. The first kappa shape index (κ1) is 16.4. The molecule has 4 nitrogen and oxygen atoms in total. The highest BCUT2D eigenvalue weighted by Gasteiger charge is 2.19. The maximum absolute atomic E-state index is 12.4. The third kappa shape index (κ3) is 3.83. The predicted molar refractivity (Wildman–Crippen MR) is 89.0 cm³/mol. The molecule has 4 heteroatoms. The van der Waals surface area contributed by atoms with Gasteiger partial charge in [-0.2, -0.15) is 0 Å². The third-order valence-electron chi connectivity index (χ3n) is 3.92. The average molecular weight is 300 g/mol. The van der Waals surface area contributed by atoms with E-state index in [1.165, 1.54) is 0 Å². The van der Waals surface area contributed by atoms with Crippen molar-refractivity contribution in [3.63, 3.8) is 0 Å². The zero-order valence-corrected chi connectivity index (χ0v) is 13.7. The lowest BCUT2D eigenvalue weighted by Crippen LogP contribution is -2.35. The molecule has 2 rings (SSSR count). The number of carbonyl (C=O) groups excluding carboxylic acids is 1. The van der Waals surface area contributed by atoms with Crippen molar-refractivity contribution in [2.24, 2.45) is 5.41 Å². The van der Waals surface area contributed by atoms with Gasteiger partial charge in [-0.1, -0.05) is 26.0 Å². The second kappa shape index (κ2) is 6.44. The zero-order chi connectivity index (χ0) is 16.3. The fourth-order valence-corrected chi connectivity index (χ4v) is 2.41. The number of amides is 1. The monoisotopic (exact) mass is 300 g/mol. The van der Waals surface area contributed by atoms with Crippen LogP contribution in [0.3, 0.4) is 0 Å². The molecule has 0 aliphatic carbocycles. The number of hydrogen-bond donors (Lipinski definition) is 2. The number of nitrogens with one attached hydrogen (secondary N) is 1. The summed E-state index contributed by atoms with van der Waals surface area (Å²) < 4.78 is 0. The van der Waals surface area contributed by atoms with Crippen LogP contribution < -0.4 is 5.32 Å². The Balaban J connectivity index is 2.21. The number of aliphatic hydroxyl groups excluding tert-OH is 1. The molecule has 0 bridgehead atoms. The molecule has 0 spiro atoms. The Morgan fingerprint density at radius 3 is 2.68 bits per heavy atom. The largest absolute Gasteiger partial charge is 0.396 e. The summed E-state index contributed by atoms with van der Waals surface area (Å²) in [6.45, 7) is 8.59. The van der Waals surface area contributed by atoms with E-state index >= 15 is 0 Å². The molecule has 1 aromatic carbocycles. The second-order valence-electron chi connectivity index (χ2n) is 6.64. The molecule has 0 saturated carbocycles. The molecule has 0 radical (unpaired) electrons. The summed E-state index contributed by atoms with van der Waals surface area (Å²) in [7, 11) is 0. The van der Waals surface area contributed by atoms with E-state index in [1.54, 1.807) is 0 Å². The molecule has 22 heavy (non-hydrogen) atoms. The lowest BCUT2D eigenvalue weighted by atomic mass is 9.89. The van der Waals surface area contributed by atoms with Crippen molar-refractivity contribution in [1.82, 2.24) is 10.3 Å². The van der Waals surface area contributed by atoms with Gasteiger partial charge >= 0.3 is 0 Å². The summed E-state index contributed by atoms with van der Waals surface area (Å²) in [6.07, 6.45) is 0.654. The van der Waals surface area contributed by atoms with Crippen LogP contribution in [-0.4, -0.2) is 29.1 Å². The molecular formula is C18H24N2O2. The van der Waals surface area contributed by atoms with E-state index in [4.69, 9.17) is 5.11 Å². The number of aromatic nitrogens is 1. The smallest absolute Gasteiger partial charge is 0.253 e. The first-order valence-electron chi connectivity index (χ1n) is 7.59. The van der Waals surface area contributed by atoms with Crippen LogP contribution in [0.25, 0.3) is 10.9 Å². The minimum Gasteiger partial charge on any atom is -0.396 e. The van der Waals surface area contributed by atoms with E-state index in [1.807, 2.05) is 52.0 Å². The van der Waals surface area contributed by atoms with Crippen LogP contribution in [0.2, 0.25) is 0 Å². The highest BCUT2D eigenvalue weighted by Crippen LogP contribution is 2.20. The van der Waals surface area contributed by atoms with Crippen molar-refractivity contribution in [2.75, 3.05) is 13.2 Å². The van der Waals surface area contributed by atoms with Crippen LogP contribution >= 0.6 is 0 Å². The van der Waals surface area contributed by atoms with E-state index < -0.39 is 0 Å². The van der Waals surface area contributed by atoms with Crippen LogP contribution in [-0.2, 0) is 0 Å². The number of pyridine rings is 1. The normalized spacial score (nSPS) is 11.7. The van der Waals surface area contributed by atoms with Gasteiger partial charge in [0.1, 0.15) is 0 Å². The summed E-state index contributed by atoms with van der Waals surface area (Å²) >= 11 is 0. The number of rotatable bonds is 5. The maximum Gasteiger partial charge on any atom is 0.253 e. The average Bonchev–Trinajstić information content (AvgIpc) is 2.44. The molecule has 0 aliphatic heterocycles. The van der Waals surface area contributed by atoms with Crippen LogP contribution in [0.15, 0.2) is 24.3 Å². The van der Waals surface area contributed by atoms with E-state index in [0.29, 0.717) is 18.5 Å². The Morgan fingerprint density at radius 2 is 2.00 bits per heavy atom. The minimum atomic E-state index is -0.125. The highest BCUT2D eigenvalue weighted by molar-refractivity contribution is 5.98. The molecule has 0 saturated heterocycles. The number of aliphatic hydroxyl groups is 1. The quantitative estimate of drug-likeness (QED) is 0.892. The highest BCUT2D eigenvalue weighted by atomic mass is 16.3. The number of carbonyl (C=O) groups is 1. The number of fused-ring (bicyclic) bond motifs is 1. The number of nitrogens with zero attached hydrogens (tertiary/aromatic N) is 1. The van der Waals surface area contributed by atoms with Crippen molar-refractivity contribution in [3.8, 4) is 0 Å².